The number of likely N-dealkylation sites (tertiary alicyclic amines) is 1. The Kier molecular flexibility index (Phi) is 5.57. The van der Waals surface area contributed by atoms with Crippen molar-refractivity contribution >= 4 is 0 Å². The van der Waals surface area contributed by atoms with E-state index in [1.807, 2.05) is 24.3 Å². The van der Waals surface area contributed by atoms with Crippen LogP contribution in [0.1, 0.15) is 30.2 Å². The van der Waals surface area contributed by atoms with Crippen LogP contribution < -0.4 is 4.74 Å². The number of rotatable bonds is 6. The van der Waals surface area contributed by atoms with Gasteiger partial charge in [0.25, 0.3) is 0 Å². The first kappa shape index (κ1) is 18.5. The van der Waals surface area contributed by atoms with Crippen molar-refractivity contribution in [2.24, 2.45) is 0 Å². The summed E-state index contributed by atoms with van der Waals surface area (Å²) in [5, 5.41) is 4.07. The third-order valence-corrected chi connectivity index (χ3v) is 4.90. The van der Waals surface area contributed by atoms with E-state index in [0.717, 1.165) is 37.1 Å². The van der Waals surface area contributed by atoms with Gasteiger partial charge in [-0.15, -0.1) is 0 Å². The van der Waals surface area contributed by atoms with Gasteiger partial charge in [-0.3, -0.25) is 9.88 Å². The lowest BCUT2D eigenvalue weighted by Crippen LogP contribution is -2.32. The molecule has 4 rings (SSSR count). The van der Waals surface area contributed by atoms with Crippen LogP contribution in [0.15, 0.2) is 53.3 Å². The average Bonchev–Trinajstić information content (AvgIpc) is 3.21. The van der Waals surface area contributed by atoms with E-state index in [4.69, 9.17) is 4.52 Å². The molecule has 1 fully saturated rings. The summed E-state index contributed by atoms with van der Waals surface area (Å²) in [7, 11) is 0. The van der Waals surface area contributed by atoms with Gasteiger partial charge in [-0.25, -0.2) is 0 Å². The molecule has 0 N–H and O–H groups in total. The number of pyridine rings is 1. The summed E-state index contributed by atoms with van der Waals surface area (Å²) >= 11 is 0. The molecule has 3 aromatic rings. The van der Waals surface area contributed by atoms with Gasteiger partial charge in [0, 0.05) is 36.0 Å². The number of benzene rings is 1. The number of ether oxygens (including phenoxy) is 1. The molecule has 1 aliphatic heterocycles. The number of piperidine rings is 1. The second-order valence-electron chi connectivity index (χ2n) is 6.73. The largest absolute Gasteiger partial charge is 0.434 e. The molecule has 8 heteroatoms. The fourth-order valence-electron chi connectivity index (χ4n) is 3.44. The summed E-state index contributed by atoms with van der Waals surface area (Å²) in [6.07, 6.45) is 5.13. The quantitative estimate of drug-likeness (QED) is 0.635. The first-order chi connectivity index (χ1) is 13.7. The van der Waals surface area contributed by atoms with Gasteiger partial charge >= 0.3 is 6.61 Å². The zero-order valence-corrected chi connectivity index (χ0v) is 15.2. The van der Waals surface area contributed by atoms with Crippen molar-refractivity contribution in [3.05, 3.63) is 60.2 Å². The normalized spacial score (nSPS) is 15.8. The average molecular weight is 386 g/mol. The number of aromatic nitrogens is 3. The molecule has 0 unspecified atom stereocenters. The topological polar surface area (TPSA) is 64.3 Å². The van der Waals surface area contributed by atoms with E-state index in [-0.39, 0.29) is 11.7 Å². The molecular formula is C20H20F2N4O2. The van der Waals surface area contributed by atoms with Crippen LogP contribution >= 0.6 is 0 Å². The van der Waals surface area contributed by atoms with E-state index in [0.29, 0.717) is 18.3 Å². The van der Waals surface area contributed by atoms with Crippen LogP contribution in [0.25, 0.3) is 11.4 Å². The number of alkyl halides is 2. The molecular weight excluding hydrogens is 366 g/mol. The Morgan fingerprint density at radius 1 is 1.11 bits per heavy atom. The highest BCUT2D eigenvalue weighted by Crippen LogP contribution is 2.30. The maximum atomic E-state index is 12.6. The zero-order chi connectivity index (χ0) is 19.3. The van der Waals surface area contributed by atoms with E-state index in [1.54, 1.807) is 24.5 Å². The SMILES string of the molecule is FC(F)Oc1ccccc1CN1CCC(c2nc(-c3ccncc3)no2)CC1. The van der Waals surface area contributed by atoms with Crippen molar-refractivity contribution in [3.63, 3.8) is 0 Å². The standard InChI is InChI=1S/C20H20F2N4O2/c21-20(22)27-17-4-2-1-3-16(17)13-26-11-7-15(8-12-26)19-24-18(25-28-19)14-5-9-23-10-6-14/h1-6,9-10,15,20H,7-8,11-13H2. The number of halogens is 2. The van der Waals surface area contributed by atoms with Crippen LogP contribution in [-0.2, 0) is 6.54 Å². The van der Waals surface area contributed by atoms with Gasteiger partial charge in [-0.1, -0.05) is 23.4 Å². The molecule has 0 saturated carbocycles. The summed E-state index contributed by atoms with van der Waals surface area (Å²) in [6, 6.07) is 10.6. The Balaban J connectivity index is 1.36. The third kappa shape index (κ3) is 4.33. The highest BCUT2D eigenvalue weighted by atomic mass is 19.3. The molecule has 1 aromatic carbocycles. The highest BCUT2D eigenvalue weighted by Gasteiger charge is 2.26. The van der Waals surface area contributed by atoms with Crippen LogP contribution in [0.5, 0.6) is 5.75 Å². The van der Waals surface area contributed by atoms with Crippen LogP contribution in [0.4, 0.5) is 8.78 Å². The van der Waals surface area contributed by atoms with Crippen LogP contribution in [0.3, 0.4) is 0 Å². The Morgan fingerprint density at radius 3 is 2.61 bits per heavy atom. The van der Waals surface area contributed by atoms with E-state index in [2.05, 4.69) is 24.8 Å². The van der Waals surface area contributed by atoms with Crippen LogP contribution in [-0.4, -0.2) is 39.7 Å². The molecule has 0 spiro atoms. The van der Waals surface area contributed by atoms with E-state index in [1.165, 1.54) is 0 Å². The molecule has 28 heavy (non-hydrogen) atoms. The minimum absolute atomic E-state index is 0.201. The second kappa shape index (κ2) is 8.43. The molecule has 6 nitrogen and oxygen atoms in total. The Labute approximate surface area is 161 Å². The molecule has 0 radical (unpaired) electrons. The van der Waals surface area contributed by atoms with E-state index in [9.17, 15) is 8.78 Å². The molecule has 3 heterocycles. The van der Waals surface area contributed by atoms with E-state index < -0.39 is 6.61 Å². The van der Waals surface area contributed by atoms with Crippen LogP contribution in [0, 0.1) is 0 Å². The molecule has 2 aromatic heterocycles. The molecule has 0 amide bonds. The lowest BCUT2D eigenvalue weighted by Gasteiger charge is -2.30. The monoisotopic (exact) mass is 386 g/mol. The predicted molar refractivity (Wildman–Crippen MR) is 97.9 cm³/mol. The van der Waals surface area contributed by atoms with Gasteiger partial charge < -0.3 is 9.26 Å². The van der Waals surface area contributed by atoms with Gasteiger partial charge in [0.05, 0.1) is 0 Å². The zero-order valence-electron chi connectivity index (χ0n) is 15.2. The van der Waals surface area contributed by atoms with Gasteiger partial charge in [-0.2, -0.15) is 13.8 Å². The molecule has 0 atom stereocenters. The number of para-hydroxylation sites is 1. The number of hydrogen-bond acceptors (Lipinski definition) is 6. The van der Waals surface area contributed by atoms with Gasteiger partial charge in [0.2, 0.25) is 11.7 Å². The highest BCUT2D eigenvalue weighted by molar-refractivity contribution is 5.52. The molecule has 0 aliphatic carbocycles. The Hall–Kier alpha value is -2.87. The second-order valence-corrected chi connectivity index (χ2v) is 6.73. The van der Waals surface area contributed by atoms with Crippen molar-refractivity contribution in [2.75, 3.05) is 13.1 Å². The molecule has 146 valence electrons. The fourth-order valence-corrected chi connectivity index (χ4v) is 3.44. The smallest absolute Gasteiger partial charge is 0.387 e. The maximum absolute atomic E-state index is 12.6. The van der Waals surface area contributed by atoms with Crippen molar-refractivity contribution in [1.29, 1.82) is 0 Å². The summed E-state index contributed by atoms with van der Waals surface area (Å²) in [5.41, 5.74) is 1.64. The molecule has 1 aliphatic rings. The minimum atomic E-state index is -2.82. The van der Waals surface area contributed by atoms with Gasteiger partial charge in [0.1, 0.15) is 5.75 Å². The fraction of sp³-hybridized carbons (Fsp3) is 0.350. The van der Waals surface area contributed by atoms with E-state index >= 15 is 0 Å². The predicted octanol–water partition coefficient (Wildman–Crippen LogP) is 4.11. The van der Waals surface area contributed by atoms with Gasteiger partial charge in [0.15, 0.2) is 0 Å². The van der Waals surface area contributed by atoms with Crippen LogP contribution in [0.2, 0.25) is 0 Å². The maximum Gasteiger partial charge on any atom is 0.387 e. The lowest BCUT2D eigenvalue weighted by atomic mass is 9.96. The molecule has 1 saturated heterocycles. The summed E-state index contributed by atoms with van der Waals surface area (Å²) in [5.74, 6) is 1.65. The third-order valence-electron chi connectivity index (χ3n) is 4.90. The summed E-state index contributed by atoms with van der Waals surface area (Å²) in [6.45, 7) is -0.609. The molecule has 0 bridgehead atoms. The lowest BCUT2D eigenvalue weighted by molar-refractivity contribution is -0.0508. The minimum Gasteiger partial charge on any atom is -0.434 e. The Morgan fingerprint density at radius 2 is 1.86 bits per heavy atom. The van der Waals surface area contributed by atoms with Crippen molar-refractivity contribution in [2.45, 2.75) is 31.9 Å². The number of hydrogen-bond donors (Lipinski definition) is 0. The van der Waals surface area contributed by atoms with Gasteiger partial charge in [-0.05, 0) is 44.1 Å². The summed E-state index contributed by atoms with van der Waals surface area (Å²) < 4.78 is 35.3. The van der Waals surface area contributed by atoms with Crippen molar-refractivity contribution < 1.29 is 18.0 Å². The number of nitrogens with zero attached hydrogens (tertiary/aromatic N) is 4. The summed E-state index contributed by atoms with van der Waals surface area (Å²) in [4.78, 5) is 10.7. The first-order valence-corrected chi connectivity index (χ1v) is 9.18. The van der Waals surface area contributed by atoms with Crippen molar-refractivity contribution in [1.82, 2.24) is 20.0 Å². The van der Waals surface area contributed by atoms with Crippen molar-refractivity contribution in [3.8, 4) is 17.1 Å². The Bertz CT molecular complexity index is 896. The first-order valence-electron chi connectivity index (χ1n) is 9.18.